The Hall–Kier alpha value is -1.85. The van der Waals surface area contributed by atoms with Crippen LogP contribution in [-0.4, -0.2) is 43.7 Å². The van der Waals surface area contributed by atoms with Gasteiger partial charge in [-0.3, -0.25) is 9.48 Å². The van der Waals surface area contributed by atoms with Crippen LogP contribution in [0.2, 0.25) is 0 Å². The summed E-state index contributed by atoms with van der Waals surface area (Å²) in [7, 11) is 1.76. The highest BCUT2D eigenvalue weighted by molar-refractivity contribution is 5.98. The summed E-state index contributed by atoms with van der Waals surface area (Å²) < 4.78 is 1.60. The van der Waals surface area contributed by atoms with Crippen LogP contribution in [0.15, 0.2) is 6.20 Å². The van der Waals surface area contributed by atoms with Gasteiger partial charge in [0, 0.05) is 19.8 Å². The molecule has 1 saturated heterocycles. The minimum absolute atomic E-state index is 0.229. The summed E-state index contributed by atoms with van der Waals surface area (Å²) in [5, 5.41) is 13.6. The molecule has 0 spiro atoms. The summed E-state index contributed by atoms with van der Waals surface area (Å²) in [4.78, 5) is 25.4. The smallest absolute Gasteiger partial charge is 0.329 e. The van der Waals surface area contributed by atoms with Gasteiger partial charge in [0.1, 0.15) is 5.54 Å². The molecule has 1 fully saturated rings. The maximum atomic E-state index is 12.6. The Kier molecular flexibility index (Phi) is 3.34. The van der Waals surface area contributed by atoms with Crippen LogP contribution in [0.4, 0.5) is 0 Å². The van der Waals surface area contributed by atoms with Gasteiger partial charge in [-0.2, -0.15) is 5.10 Å². The number of aromatic nitrogens is 2. The molecule has 0 aromatic carbocycles. The first kappa shape index (κ1) is 13.6. The first-order valence-corrected chi connectivity index (χ1v) is 6.48. The van der Waals surface area contributed by atoms with E-state index < -0.39 is 11.5 Å². The van der Waals surface area contributed by atoms with E-state index in [1.807, 2.05) is 6.92 Å². The topological polar surface area (TPSA) is 75.4 Å². The van der Waals surface area contributed by atoms with E-state index in [1.165, 1.54) is 4.90 Å². The van der Waals surface area contributed by atoms with Crippen molar-refractivity contribution in [3.05, 3.63) is 17.5 Å². The van der Waals surface area contributed by atoms with E-state index in [4.69, 9.17) is 0 Å². The Labute approximate surface area is 112 Å². The number of likely N-dealkylation sites (tertiary alicyclic amines) is 1. The third kappa shape index (κ3) is 2.11. The maximum Gasteiger partial charge on any atom is 0.329 e. The molecule has 0 bridgehead atoms. The van der Waals surface area contributed by atoms with Gasteiger partial charge < -0.3 is 10.0 Å². The molecule has 1 atom stereocenters. The molecule has 19 heavy (non-hydrogen) atoms. The first-order valence-electron chi connectivity index (χ1n) is 6.48. The minimum Gasteiger partial charge on any atom is -0.480 e. The SMILES string of the molecule is CCc1nn(C)cc1C(=O)N1CCCC1(C)C(=O)O. The van der Waals surface area contributed by atoms with Crippen molar-refractivity contribution in [1.82, 2.24) is 14.7 Å². The van der Waals surface area contributed by atoms with E-state index in [2.05, 4.69) is 5.10 Å². The van der Waals surface area contributed by atoms with E-state index >= 15 is 0 Å². The van der Waals surface area contributed by atoms with E-state index in [-0.39, 0.29) is 5.91 Å². The maximum absolute atomic E-state index is 12.6. The molecule has 0 saturated carbocycles. The Morgan fingerprint density at radius 3 is 2.79 bits per heavy atom. The van der Waals surface area contributed by atoms with Crippen molar-refractivity contribution in [2.24, 2.45) is 7.05 Å². The lowest BCUT2D eigenvalue weighted by atomic mass is 9.98. The van der Waals surface area contributed by atoms with Gasteiger partial charge in [-0.05, 0) is 26.2 Å². The highest BCUT2D eigenvalue weighted by Gasteiger charge is 2.46. The van der Waals surface area contributed by atoms with Crippen LogP contribution in [0.25, 0.3) is 0 Å². The van der Waals surface area contributed by atoms with Crippen molar-refractivity contribution in [2.45, 2.75) is 38.6 Å². The van der Waals surface area contributed by atoms with Crippen LogP contribution in [-0.2, 0) is 18.3 Å². The number of hydrogen-bond donors (Lipinski definition) is 1. The summed E-state index contributed by atoms with van der Waals surface area (Å²) in [6.07, 6.45) is 3.54. The van der Waals surface area contributed by atoms with Crippen LogP contribution in [0.3, 0.4) is 0 Å². The lowest BCUT2D eigenvalue weighted by Crippen LogP contribution is -2.50. The second kappa shape index (κ2) is 4.68. The Morgan fingerprint density at radius 2 is 2.21 bits per heavy atom. The van der Waals surface area contributed by atoms with Crippen LogP contribution < -0.4 is 0 Å². The number of carbonyl (C=O) groups is 2. The molecule has 1 aromatic rings. The molecule has 2 heterocycles. The molecule has 0 aliphatic carbocycles. The lowest BCUT2D eigenvalue weighted by Gasteiger charge is -2.31. The minimum atomic E-state index is -1.10. The Morgan fingerprint density at radius 1 is 1.53 bits per heavy atom. The first-order chi connectivity index (χ1) is 8.90. The molecule has 0 radical (unpaired) electrons. The van der Waals surface area contributed by atoms with E-state index in [0.29, 0.717) is 30.6 Å². The summed E-state index contributed by atoms with van der Waals surface area (Å²) in [6, 6.07) is 0. The second-order valence-corrected chi connectivity index (χ2v) is 5.16. The van der Waals surface area contributed by atoms with Crippen molar-refractivity contribution in [3.8, 4) is 0 Å². The average molecular weight is 265 g/mol. The van der Waals surface area contributed by atoms with Gasteiger partial charge in [0.05, 0.1) is 11.3 Å². The molecule has 1 N–H and O–H groups in total. The average Bonchev–Trinajstić information content (AvgIpc) is 2.92. The van der Waals surface area contributed by atoms with E-state index in [0.717, 1.165) is 6.42 Å². The normalized spacial score (nSPS) is 22.8. The van der Waals surface area contributed by atoms with Gasteiger partial charge in [0.15, 0.2) is 0 Å². The highest BCUT2D eigenvalue weighted by atomic mass is 16.4. The summed E-state index contributed by atoms with van der Waals surface area (Å²) in [6.45, 7) is 4.03. The predicted octanol–water partition coefficient (Wildman–Crippen LogP) is 1.06. The van der Waals surface area contributed by atoms with Crippen molar-refractivity contribution in [1.29, 1.82) is 0 Å². The van der Waals surface area contributed by atoms with Crippen molar-refractivity contribution in [3.63, 3.8) is 0 Å². The molecule has 6 nitrogen and oxygen atoms in total. The molecule has 1 amide bonds. The number of rotatable bonds is 3. The zero-order chi connectivity index (χ0) is 14.2. The van der Waals surface area contributed by atoms with Crippen LogP contribution in [0.1, 0.15) is 42.7 Å². The van der Waals surface area contributed by atoms with E-state index in [1.54, 1.807) is 24.9 Å². The largest absolute Gasteiger partial charge is 0.480 e. The van der Waals surface area contributed by atoms with Gasteiger partial charge >= 0.3 is 5.97 Å². The zero-order valence-corrected chi connectivity index (χ0v) is 11.5. The van der Waals surface area contributed by atoms with Gasteiger partial charge in [-0.15, -0.1) is 0 Å². The molecule has 6 heteroatoms. The third-order valence-corrected chi connectivity index (χ3v) is 3.82. The Bertz CT molecular complexity index is 523. The lowest BCUT2D eigenvalue weighted by molar-refractivity contribution is -0.147. The van der Waals surface area contributed by atoms with Crippen molar-refractivity contribution >= 4 is 11.9 Å². The quantitative estimate of drug-likeness (QED) is 0.886. The predicted molar refractivity (Wildman–Crippen MR) is 68.9 cm³/mol. The molecular weight excluding hydrogens is 246 g/mol. The van der Waals surface area contributed by atoms with Crippen LogP contribution in [0.5, 0.6) is 0 Å². The highest BCUT2D eigenvalue weighted by Crippen LogP contribution is 2.31. The van der Waals surface area contributed by atoms with E-state index in [9.17, 15) is 14.7 Å². The summed E-state index contributed by atoms with van der Waals surface area (Å²) >= 11 is 0. The monoisotopic (exact) mass is 265 g/mol. The summed E-state index contributed by atoms with van der Waals surface area (Å²) in [5.41, 5.74) is 0.129. The molecule has 1 aliphatic rings. The molecule has 1 aromatic heterocycles. The zero-order valence-electron chi connectivity index (χ0n) is 11.5. The standard InChI is InChI=1S/C13H19N3O3/c1-4-10-9(8-15(3)14-10)11(17)16-7-5-6-13(16,2)12(18)19/h8H,4-7H2,1-3H3,(H,18,19). The fraction of sp³-hybridized carbons (Fsp3) is 0.615. The summed E-state index contributed by atoms with van der Waals surface area (Å²) in [5.74, 6) is -1.17. The second-order valence-electron chi connectivity index (χ2n) is 5.16. The van der Waals surface area contributed by atoms with Gasteiger partial charge in [0.2, 0.25) is 0 Å². The van der Waals surface area contributed by atoms with Crippen LogP contribution >= 0.6 is 0 Å². The Balaban J connectivity index is 2.36. The number of aryl methyl sites for hydroxylation is 2. The molecule has 104 valence electrons. The molecule has 1 unspecified atom stereocenters. The van der Waals surface area contributed by atoms with Gasteiger partial charge in [0.25, 0.3) is 5.91 Å². The third-order valence-electron chi connectivity index (χ3n) is 3.82. The van der Waals surface area contributed by atoms with Crippen LogP contribution in [0, 0.1) is 0 Å². The molecule has 2 rings (SSSR count). The number of carbonyl (C=O) groups excluding carboxylic acids is 1. The number of carboxylic acid groups (broad SMARTS) is 1. The fourth-order valence-corrected chi connectivity index (χ4v) is 2.63. The fourth-order valence-electron chi connectivity index (χ4n) is 2.63. The number of hydrogen-bond acceptors (Lipinski definition) is 3. The van der Waals surface area contributed by atoms with Crippen molar-refractivity contribution in [2.75, 3.05) is 6.54 Å². The number of carboxylic acids is 1. The number of nitrogens with zero attached hydrogens (tertiary/aromatic N) is 3. The number of amides is 1. The number of aliphatic carboxylic acids is 1. The van der Waals surface area contributed by atoms with Crippen molar-refractivity contribution < 1.29 is 14.7 Å². The molecule has 1 aliphatic heterocycles. The molecular formula is C13H19N3O3. The van der Waals surface area contributed by atoms with Gasteiger partial charge in [-0.25, -0.2) is 4.79 Å². The van der Waals surface area contributed by atoms with Gasteiger partial charge in [-0.1, -0.05) is 6.92 Å².